The normalized spacial score (nSPS) is 15.8. The van der Waals surface area contributed by atoms with Gasteiger partial charge in [-0.25, -0.2) is 0 Å². The Morgan fingerprint density at radius 3 is 2.59 bits per heavy atom. The largest absolute Gasteiger partial charge is 0.481 e. The molecular formula is C20H20N2O3S2. The van der Waals surface area contributed by atoms with Crippen molar-refractivity contribution in [3.8, 4) is 0 Å². The van der Waals surface area contributed by atoms with Gasteiger partial charge in [0.15, 0.2) is 0 Å². The minimum absolute atomic E-state index is 0.0206. The van der Waals surface area contributed by atoms with Crippen LogP contribution in [-0.2, 0) is 9.59 Å². The fraction of sp³-hybridized carbons (Fsp3) is 0.250. The first kappa shape index (κ1) is 19.4. The number of rotatable bonds is 6. The van der Waals surface area contributed by atoms with Crippen LogP contribution in [0, 0.1) is 0 Å². The molecule has 27 heavy (non-hydrogen) atoms. The molecule has 0 unspecified atom stereocenters. The van der Waals surface area contributed by atoms with Crippen LogP contribution in [0.25, 0.3) is 16.8 Å². The number of carbonyl (C=O) groups is 2. The van der Waals surface area contributed by atoms with Crippen LogP contribution in [-0.4, -0.2) is 46.8 Å². The first-order chi connectivity index (χ1) is 12.9. The quantitative estimate of drug-likeness (QED) is 0.585. The van der Waals surface area contributed by atoms with Crippen molar-refractivity contribution in [3.05, 3.63) is 46.9 Å². The average Bonchev–Trinajstić information content (AvgIpc) is 2.89. The summed E-state index contributed by atoms with van der Waals surface area (Å²) < 4.78 is 0.478. The van der Waals surface area contributed by atoms with Crippen molar-refractivity contribution in [1.29, 1.82) is 0 Å². The number of amides is 1. The summed E-state index contributed by atoms with van der Waals surface area (Å²) in [5.74, 6) is -1.03. The maximum Gasteiger partial charge on any atom is 0.303 e. The lowest BCUT2D eigenvalue weighted by Gasteiger charge is -2.16. The lowest BCUT2D eigenvalue weighted by molar-refractivity contribution is -0.137. The van der Waals surface area contributed by atoms with Gasteiger partial charge in [0.2, 0.25) is 0 Å². The Morgan fingerprint density at radius 1 is 1.22 bits per heavy atom. The topological polar surface area (TPSA) is 60.9 Å². The number of nitrogens with zero attached hydrogens (tertiary/aromatic N) is 2. The number of fused-ring (bicyclic) bond motifs is 1. The highest BCUT2D eigenvalue weighted by molar-refractivity contribution is 8.26. The smallest absolute Gasteiger partial charge is 0.303 e. The first-order valence-corrected chi connectivity index (χ1v) is 9.77. The van der Waals surface area contributed by atoms with Crippen LogP contribution in [0.3, 0.4) is 0 Å². The van der Waals surface area contributed by atoms with E-state index >= 15 is 0 Å². The molecule has 1 fully saturated rings. The zero-order chi connectivity index (χ0) is 19.6. The van der Waals surface area contributed by atoms with Crippen LogP contribution >= 0.6 is 24.0 Å². The highest BCUT2D eigenvalue weighted by Gasteiger charge is 2.31. The van der Waals surface area contributed by atoms with Gasteiger partial charge in [-0.15, -0.1) is 0 Å². The van der Waals surface area contributed by atoms with Crippen LogP contribution in [0.5, 0.6) is 0 Å². The van der Waals surface area contributed by atoms with Gasteiger partial charge in [-0.1, -0.05) is 54.3 Å². The summed E-state index contributed by atoms with van der Waals surface area (Å²) in [4.78, 5) is 27.5. The number of carboxylic acid groups (broad SMARTS) is 1. The first-order valence-electron chi connectivity index (χ1n) is 8.54. The van der Waals surface area contributed by atoms with Crippen LogP contribution < -0.4 is 4.90 Å². The zero-order valence-corrected chi connectivity index (χ0v) is 16.8. The summed E-state index contributed by atoms with van der Waals surface area (Å²) in [7, 11) is 4.01. The van der Waals surface area contributed by atoms with Gasteiger partial charge in [0.05, 0.1) is 4.91 Å². The number of thioether (sulfide) groups is 1. The molecule has 5 nitrogen and oxygen atoms in total. The van der Waals surface area contributed by atoms with Crippen LogP contribution in [0.1, 0.15) is 18.4 Å². The molecule has 7 heteroatoms. The summed E-state index contributed by atoms with van der Waals surface area (Å²) >= 11 is 6.58. The Hall–Kier alpha value is -2.38. The molecule has 1 amide bonds. The molecule has 0 saturated carbocycles. The van der Waals surface area contributed by atoms with Crippen molar-refractivity contribution >= 4 is 62.7 Å². The van der Waals surface area contributed by atoms with Crippen LogP contribution in [0.2, 0.25) is 0 Å². The average molecular weight is 401 g/mol. The van der Waals surface area contributed by atoms with Gasteiger partial charge in [0.1, 0.15) is 4.32 Å². The van der Waals surface area contributed by atoms with E-state index in [1.165, 1.54) is 16.7 Å². The molecule has 140 valence electrons. The molecule has 0 aromatic heterocycles. The Balaban J connectivity index is 1.91. The van der Waals surface area contributed by atoms with Gasteiger partial charge in [-0.3, -0.25) is 14.5 Å². The summed E-state index contributed by atoms with van der Waals surface area (Å²) in [6.45, 7) is 0.328. The molecule has 0 spiro atoms. The second-order valence-electron chi connectivity index (χ2n) is 6.44. The highest BCUT2D eigenvalue weighted by atomic mass is 32.2. The Labute approximate surface area is 167 Å². The van der Waals surface area contributed by atoms with E-state index in [0.29, 0.717) is 22.2 Å². The van der Waals surface area contributed by atoms with Crippen molar-refractivity contribution in [3.63, 3.8) is 0 Å². The second kappa shape index (κ2) is 8.10. The Kier molecular flexibility index (Phi) is 5.82. The fourth-order valence-corrected chi connectivity index (χ4v) is 4.34. The monoisotopic (exact) mass is 400 g/mol. The summed E-state index contributed by atoms with van der Waals surface area (Å²) in [5, 5.41) is 11.0. The van der Waals surface area contributed by atoms with Gasteiger partial charge in [-0.2, -0.15) is 0 Å². The van der Waals surface area contributed by atoms with E-state index in [4.69, 9.17) is 17.3 Å². The van der Waals surface area contributed by atoms with Gasteiger partial charge >= 0.3 is 5.97 Å². The van der Waals surface area contributed by atoms with Crippen LogP contribution in [0.15, 0.2) is 41.3 Å². The number of benzene rings is 2. The molecule has 0 atom stereocenters. The number of anilines is 1. The van der Waals surface area contributed by atoms with E-state index in [0.717, 1.165) is 22.0 Å². The predicted molar refractivity (Wildman–Crippen MR) is 115 cm³/mol. The summed E-state index contributed by atoms with van der Waals surface area (Å²) in [6.07, 6.45) is 2.28. The van der Waals surface area contributed by atoms with Crippen molar-refractivity contribution < 1.29 is 14.7 Å². The van der Waals surface area contributed by atoms with Crippen LogP contribution in [0.4, 0.5) is 5.69 Å². The van der Waals surface area contributed by atoms with Crippen molar-refractivity contribution in [2.45, 2.75) is 12.8 Å². The third-order valence-corrected chi connectivity index (χ3v) is 5.73. The highest BCUT2D eigenvalue weighted by Crippen LogP contribution is 2.35. The van der Waals surface area contributed by atoms with Gasteiger partial charge in [0.25, 0.3) is 5.91 Å². The summed E-state index contributed by atoms with van der Waals surface area (Å²) in [6, 6.07) is 12.1. The molecule has 3 rings (SSSR count). The standard InChI is InChI=1S/C20H20N2O3S2/c1-21(2)16-10-9-13(14-6-3-4-7-15(14)16)12-17-19(25)22(20(26)27-17)11-5-8-18(23)24/h3-4,6-7,9-10,12H,5,8,11H2,1-2H3,(H,23,24). The van der Waals surface area contributed by atoms with E-state index in [1.807, 2.05) is 50.5 Å². The number of aliphatic carboxylic acids is 1. The number of carboxylic acids is 1. The maximum absolute atomic E-state index is 12.7. The SMILES string of the molecule is CN(C)c1ccc(C=C2SC(=S)N(CCCC(=O)O)C2=O)c2ccccc12. The molecule has 2 aromatic carbocycles. The predicted octanol–water partition coefficient (Wildman–Crippen LogP) is 3.97. The number of thiocarbonyl (C=S) groups is 1. The third kappa shape index (κ3) is 4.14. The van der Waals surface area contributed by atoms with Crippen molar-refractivity contribution in [1.82, 2.24) is 4.90 Å². The molecule has 2 aromatic rings. The Bertz CT molecular complexity index is 953. The molecule has 1 heterocycles. The lowest BCUT2D eigenvalue weighted by atomic mass is 10.0. The van der Waals surface area contributed by atoms with Gasteiger partial charge in [0, 0.05) is 38.1 Å². The molecule has 1 aliphatic heterocycles. The minimum Gasteiger partial charge on any atom is -0.481 e. The van der Waals surface area contributed by atoms with E-state index in [2.05, 4.69) is 11.0 Å². The van der Waals surface area contributed by atoms with E-state index in [-0.39, 0.29) is 12.3 Å². The van der Waals surface area contributed by atoms with Gasteiger partial charge in [-0.05, 0) is 29.5 Å². The van der Waals surface area contributed by atoms with E-state index < -0.39 is 5.97 Å². The molecule has 0 radical (unpaired) electrons. The number of hydrogen-bond donors (Lipinski definition) is 1. The molecule has 1 saturated heterocycles. The molecule has 0 bridgehead atoms. The van der Waals surface area contributed by atoms with Crippen molar-refractivity contribution in [2.75, 3.05) is 25.5 Å². The molecule has 0 aliphatic carbocycles. The van der Waals surface area contributed by atoms with Crippen molar-refractivity contribution in [2.24, 2.45) is 0 Å². The minimum atomic E-state index is -0.872. The maximum atomic E-state index is 12.7. The van der Waals surface area contributed by atoms with Gasteiger partial charge < -0.3 is 10.0 Å². The molecule has 1 N–H and O–H groups in total. The summed E-state index contributed by atoms with van der Waals surface area (Å²) in [5.41, 5.74) is 2.08. The second-order valence-corrected chi connectivity index (χ2v) is 8.12. The Morgan fingerprint density at radius 2 is 1.93 bits per heavy atom. The fourth-order valence-electron chi connectivity index (χ4n) is 3.04. The molecular weight excluding hydrogens is 380 g/mol. The van der Waals surface area contributed by atoms with E-state index in [1.54, 1.807) is 0 Å². The number of carbonyl (C=O) groups excluding carboxylic acids is 1. The third-order valence-electron chi connectivity index (χ3n) is 4.35. The molecule has 1 aliphatic rings. The number of hydrogen-bond acceptors (Lipinski definition) is 5. The lowest BCUT2D eigenvalue weighted by Crippen LogP contribution is -2.29. The zero-order valence-electron chi connectivity index (χ0n) is 15.1. The van der Waals surface area contributed by atoms with E-state index in [9.17, 15) is 9.59 Å².